The average Bonchev–Trinajstić information content (AvgIpc) is 2.83. The number of nitrogens with zero attached hydrogens (tertiary/aromatic N) is 3. The summed E-state index contributed by atoms with van der Waals surface area (Å²) in [4.78, 5) is 23.5. The van der Waals surface area contributed by atoms with Crippen molar-refractivity contribution in [2.24, 2.45) is 0 Å². The van der Waals surface area contributed by atoms with Crippen LogP contribution in [0.25, 0.3) is 10.9 Å². The molecule has 7 heteroatoms. The highest BCUT2D eigenvalue weighted by atomic mass is 16.5. The van der Waals surface area contributed by atoms with E-state index in [9.17, 15) is 14.7 Å². The van der Waals surface area contributed by atoms with E-state index in [1.807, 2.05) is 0 Å². The van der Waals surface area contributed by atoms with Crippen LogP contribution in [-0.2, 0) is 6.54 Å². The van der Waals surface area contributed by atoms with E-state index >= 15 is 0 Å². The Morgan fingerprint density at radius 2 is 2.00 bits per heavy atom. The summed E-state index contributed by atoms with van der Waals surface area (Å²) in [6.45, 7) is 4.09. The predicted octanol–water partition coefficient (Wildman–Crippen LogP) is 2.36. The van der Waals surface area contributed by atoms with Gasteiger partial charge in [0.05, 0.1) is 5.39 Å². The largest absolute Gasteiger partial charge is 0.476 e. The molecule has 7 nitrogen and oxygen atoms in total. The van der Waals surface area contributed by atoms with Crippen LogP contribution in [0.1, 0.15) is 55.3 Å². The van der Waals surface area contributed by atoms with Crippen molar-refractivity contribution in [1.82, 2.24) is 14.9 Å². The minimum absolute atomic E-state index is 0.0356. The van der Waals surface area contributed by atoms with Crippen molar-refractivity contribution in [3.05, 3.63) is 21.8 Å². The summed E-state index contributed by atoms with van der Waals surface area (Å²) in [5.41, 5.74) is -0.548. The number of fused-ring (bicyclic) bond motifs is 1. The highest BCUT2D eigenvalue weighted by Gasteiger charge is 2.21. The molecule has 0 unspecified atom stereocenters. The van der Waals surface area contributed by atoms with E-state index in [0.29, 0.717) is 12.3 Å². The number of aromatic nitrogens is 3. The summed E-state index contributed by atoms with van der Waals surface area (Å²) < 4.78 is 6.11. The van der Waals surface area contributed by atoms with Crippen LogP contribution in [-0.4, -0.2) is 26.0 Å². The van der Waals surface area contributed by atoms with Crippen LogP contribution in [0.5, 0.6) is 0 Å². The molecule has 0 aliphatic carbocycles. The lowest BCUT2D eigenvalue weighted by atomic mass is 10.1. The molecule has 114 valence electrons. The van der Waals surface area contributed by atoms with Crippen molar-refractivity contribution in [3.8, 4) is 0 Å². The van der Waals surface area contributed by atoms with Crippen LogP contribution >= 0.6 is 0 Å². The normalized spacial score (nSPS) is 11.1. The third kappa shape index (κ3) is 3.12. The predicted molar refractivity (Wildman–Crippen MR) is 76.5 cm³/mol. The minimum Gasteiger partial charge on any atom is -0.476 e. The van der Waals surface area contributed by atoms with Gasteiger partial charge in [0.25, 0.3) is 5.56 Å². The Kier molecular flexibility index (Phi) is 4.72. The molecule has 0 fully saturated rings. The van der Waals surface area contributed by atoms with E-state index in [1.54, 1.807) is 6.92 Å². The molecule has 2 rings (SSSR count). The molecule has 1 N–H and O–H groups in total. The average molecular weight is 293 g/mol. The zero-order chi connectivity index (χ0) is 15.4. The molecule has 0 amide bonds. The van der Waals surface area contributed by atoms with Gasteiger partial charge in [-0.2, -0.15) is 5.10 Å². The number of unbranched alkanes of at least 4 members (excludes halogenated alkanes) is 4. The van der Waals surface area contributed by atoms with Crippen molar-refractivity contribution in [3.63, 3.8) is 0 Å². The van der Waals surface area contributed by atoms with Gasteiger partial charge in [-0.05, 0) is 13.3 Å². The van der Waals surface area contributed by atoms with Crippen molar-refractivity contribution in [2.75, 3.05) is 0 Å². The van der Waals surface area contributed by atoms with Gasteiger partial charge in [-0.15, -0.1) is 0 Å². The van der Waals surface area contributed by atoms with Crippen LogP contribution in [0.2, 0.25) is 0 Å². The molecule has 0 bridgehead atoms. The Morgan fingerprint density at radius 3 is 2.67 bits per heavy atom. The first-order valence-corrected chi connectivity index (χ1v) is 7.16. The monoisotopic (exact) mass is 293 g/mol. The summed E-state index contributed by atoms with van der Waals surface area (Å²) in [6.07, 6.45) is 5.17. The maximum atomic E-state index is 12.2. The first kappa shape index (κ1) is 15.2. The Bertz CT molecular complexity index is 702. The third-order valence-corrected chi connectivity index (χ3v) is 3.43. The molecule has 0 spiro atoms. The Morgan fingerprint density at radius 1 is 1.29 bits per heavy atom. The number of rotatable bonds is 7. The van der Waals surface area contributed by atoms with E-state index in [0.717, 1.165) is 32.1 Å². The summed E-state index contributed by atoms with van der Waals surface area (Å²) in [5.74, 6) is -0.895. The van der Waals surface area contributed by atoms with Gasteiger partial charge in [0.2, 0.25) is 0 Å². The lowest BCUT2D eigenvalue weighted by Crippen LogP contribution is -2.26. The van der Waals surface area contributed by atoms with Crippen LogP contribution < -0.4 is 5.56 Å². The summed E-state index contributed by atoms with van der Waals surface area (Å²) >= 11 is 0. The molecule has 0 saturated carbocycles. The van der Waals surface area contributed by atoms with Gasteiger partial charge in [0.1, 0.15) is 5.76 Å². The first-order chi connectivity index (χ1) is 10.1. The summed E-state index contributed by atoms with van der Waals surface area (Å²) in [5, 5.41) is 17.0. The smallest absolute Gasteiger partial charge is 0.357 e. The van der Waals surface area contributed by atoms with Gasteiger partial charge in [-0.25, -0.2) is 9.48 Å². The van der Waals surface area contributed by atoms with E-state index < -0.39 is 11.5 Å². The lowest BCUT2D eigenvalue weighted by Gasteiger charge is -2.06. The van der Waals surface area contributed by atoms with E-state index in [-0.39, 0.29) is 16.6 Å². The molecule has 2 aromatic rings. The fraction of sp³-hybridized carbons (Fsp3) is 0.571. The second kappa shape index (κ2) is 6.51. The molecule has 0 aliphatic rings. The van der Waals surface area contributed by atoms with Crippen LogP contribution in [0.4, 0.5) is 0 Å². The second-order valence-corrected chi connectivity index (χ2v) is 5.06. The third-order valence-electron chi connectivity index (χ3n) is 3.43. The number of hydrogen-bond acceptors (Lipinski definition) is 5. The summed E-state index contributed by atoms with van der Waals surface area (Å²) in [7, 11) is 0. The van der Waals surface area contributed by atoms with Crippen molar-refractivity contribution in [2.45, 2.75) is 52.5 Å². The van der Waals surface area contributed by atoms with E-state index in [2.05, 4.69) is 17.2 Å². The van der Waals surface area contributed by atoms with Gasteiger partial charge in [-0.3, -0.25) is 4.79 Å². The highest BCUT2D eigenvalue weighted by Crippen LogP contribution is 2.17. The minimum atomic E-state index is -1.19. The van der Waals surface area contributed by atoms with Gasteiger partial charge in [0.15, 0.2) is 11.2 Å². The fourth-order valence-corrected chi connectivity index (χ4v) is 2.30. The van der Waals surface area contributed by atoms with Crippen molar-refractivity contribution < 1.29 is 14.4 Å². The highest BCUT2D eigenvalue weighted by molar-refractivity contribution is 6.00. The Labute approximate surface area is 121 Å². The molecular weight excluding hydrogens is 274 g/mol. The standard InChI is InChI=1S/C14H19N3O4/c1-3-4-5-6-7-8-17-13(18)11-10(9(2)21-16-11)12(15-17)14(19)20/h3-8H2,1-2H3,(H,19,20). The summed E-state index contributed by atoms with van der Waals surface area (Å²) in [6, 6.07) is 0. The van der Waals surface area contributed by atoms with Gasteiger partial charge in [-0.1, -0.05) is 37.8 Å². The molecule has 2 heterocycles. The second-order valence-electron chi connectivity index (χ2n) is 5.06. The first-order valence-electron chi connectivity index (χ1n) is 7.16. The number of hydrogen-bond donors (Lipinski definition) is 1. The number of carbonyl (C=O) groups is 1. The maximum Gasteiger partial charge on any atom is 0.357 e. The molecule has 0 radical (unpaired) electrons. The number of aromatic carboxylic acids is 1. The lowest BCUT2D eigenvalue weighted by molar-refractivity contribution is 0.0689. The molecular formula is C14H19N3O4. The zero-order valence-corrected chi connectivity index (χ0v) is 12.3. The Hall–Kier alpha value is -2.18. The van der Waals surface area contributed by atoms with Crippen molar-refractivity contribution in [1.29, 1.82) is 0 Å². The van der Waals surface area contributed by atoms with Gasteiger partial charge in [0, 0.05) is 6.54 Å². The molecule has 0 aliphatic heterocycles. The number of carboxylic acids is 1. The molecule has 0 saturated heterocycles. The molecule has 21 heavy (non-hydrogen) atoms. The van der Waals surface area contributed by atoms with E-state index in [4.69, 9.17) is 4.52 Å². The number of carboxylic acid groups (broad SMARTS) is 1. The maximum absolute atomic E-state index is 12.2. The topological polar surface area (TPSA) is 98.2 Å². The quantitative estimate of drug-likeness (QED) is 0.787. The van der Waals surface area contributed by atoms with Crippen LogP contribution in [0.15, 0.2) is 9.32 Å². The van der Waals surface area contributed by atoms with Crippen LogP contribution in [0.3, 0.4) is 0 Å². The van der Waals surface area contributed by atoms with Crippen LogP contribution in [0, 0.1) is 6.92 Å². The zero-order valence-electron chi connectivity index (χ0n) is 12.3. The molecule has 0 aromatic carbocycles. The fourth-order valence-electron chi connectivity index (χ4n) is 2.30. The van der Waals surface area contributed by atoms with Gasteiger partial charge >= 0.3 is 5.97 Å². The Balaban J connectivity index is 2.30. The van der Waals surface area contributed by atoms with Crippen molar-refractivity contribution >= 4 is 16.9 Å². The van der Waals surface area contributed by atoms with E-state index in [1.165, 1.54) is 4.68 Å². The molecule has 2 aromatic heterocycles. The van der Waals surface area contributed by atoms with Gasteiger partial charge < -0.3 is 9.63 Å². The molecule has 0 atom stereocenters. The number of aryl methyl sites for hydroxylation is 2. The SMILES string of the molecule is CCCCCCCn1nc(C(=O)O)c2c(C)onc2c1=O.